The molecule has 0 atom stereocenters. The van der Waals surface area contributed by atoms with Crippen molar-refractivity contribution in [3.05, 3.63) is 0 Å². The summed E-state index contributed by atoms with van der Waals surface area (Å²) >= 11 is 0. The van der Waals surface area contributed by atoms with Gasteiger partial charge in [-0.1, -0.05) is 0 Å². The Morgan fingerprint density at radius 2 is 2.07 bits per heavy atom. The minimum Gasteiger partial charge on any atom is -0.453 e. The zero-order valence-electron chi connectivity index (χ0n) is 8.54. The van der Waals surface area contributed by atoms with Gasteiger partial charge in [-0.05, 0) is 0 Å². The number of likely N-dealkylation sites (N-methyl/N-ethyl adjacent to an activating group) is 1. The van der Waals surface area contributed by atoms with E-state index in [4.69, 9.17) is 0 Å². The SMILES string of the molecule is COC(=O)N(C)C1CN(CC(F)(F)F)C1. The number of hydrogen-bond acceptors (Lipinski definition) is 3. The number of ether oxygens (including phenoxy) is 1. The van der Waals surface area contributed by atoms with Gasteiger partial charge in [-0.2, -0.15) is 13.2 Å². The van der Waals surface area contributed by atoms with Crippen molar-refractivity contribution in [1.29, 1.82) is 0 Å². The molecule has 1 aliphatic heterocycles. The summed E-state index contributed by atoms with van der Waals surface area (Å²) in [6.45, 7) is -0.436. The molecular formula is C8H13F3N2O2. The highest BCUT2D eigenvalue weighted by atomic mass is 19.4. The zero-order chi connectivity index (χ0) is 11.6. The first-order chi connectivity index (χ1) is 6.83. The number of alkyl halides is 3. The molecule has 88 valence electrons. The highest BCUT2D eigenvalue weighted by Crippen LogP contribution is 2.22. The molecule has 1 heterocycles. The van der Waals surface area contributed by atoms with Gasteiger partial charge in [0.05, 0.1) is 19.7 Å². The van der Waals surface area contributed by atoms with Crippen molar-refractivity contribution in [3.63, 3.8) is 0 Å². The fraction of sp³-hybridized carbons (Fsp3) is 0.875. The van der Waals surface area contributed by atoms with Gasteiger partial charge in [0.2, 0.25) is 0 Å². The number of amides is 1. The Kier molecular flexibility index (Phi) is 3.43. The summed E-state index contributed by atoms with van der Waals surface area (Å²) in [4.78, 5) is 13.6. The molecule has 0 aromatic rings. The molecule has 0 bridgehead atoms. The highest BCUT2D eigenvalue weighted by molar-refractivity contribution is 5.67. The normalized spacial score (nSPS) is 18.5. The Morgan fingerprint density at radius 1 is 1.53 bits per heavy atom. The third kappa shape index (κ3) is 3.26. The Hall–Kier alpha value is -0.980. The molecule has 0 spiro atoms. The third-order valence-corrected chi connectivity index (χ3v) is 2.35. The molecule has 1 saturated heterocycles. The van der Waals surface area contributed by atoms with Gasteiger partial charge in [0.25, 0.3) is 0 Å². The second-order valence-corrected chi connectivity index (χ2v) is 3.54. The van der Waals surface area contributed by atoms with Crippen LogP contribution in [0.2, 0.25) is 0 Å². The molecule has 1 fully saturated rings. The van der Waals surface area contributed by atoms with E-state index in [-0.39, 0.29) is 19.1 Å². The van der Waals surface area contributed by atoms with E-state index in [9.17, 15) is 18.0 Å². The van der Waals surface area contributed by atoms with Crippen molar-refractivity contribution in [2.45, 2.75) is 12.2 Å². The van der Waals surface area contributed by atoms with Gasteiger partial charge in [0.1, 0.15) is 0 Å². The van der Waals surface area contributed by atoms with Crippen LogP contribution in [0.4, 0.5) is 18.0 Å². The number of methoxy groups -OCH3 is 1. The molecule has 0 aliphatic carbocycles. The molecule has 15 heavy (non-hydrogen) atoms. The maximum absolute atomic E-state index is 11.9. The molecule has 0 unspecified atom stereocenters. The summed E-state index contributed by atoms with van der Waals surface area (Å²) < 4.78 is 40.3. The van der Waals surface area contributed by atoms with E-state index >= 15 is 0 Å². The van der Waals surface area contributed by atoms with E-state index in [0.717, 1.165) is 0 Å². The lowest BCUT2D eigenvalue weighted by Gasteiger charge is -2.43. The molecule has 1 aliphatic rings. The topological polar surface area (TPSA) is 32.8 Å². The van der Waals surface area contributed by atoms with Gasteiger partial charge in [-0.3, -0.25) is 4.90 Å². The van der Waals surface area contributed by atoms with Crippen molar-refractivity contribution in [3.8, 4) is 0 Å². The number of hydrogen-bond donors (Lipinski definition) is 0. The van der Waals surface area contributed by atoms with E-state index in [1.54, 1.807) is 0 Å². The van der Waals surface area contributed by atoms with Crippen LogP contribution in [0.5, 0.6) is 0 Å². The van der Waals surface area contributed by atoms with Gasteiger partial charge in [0, 0.05) is 20.1 Å². The Bertz CT molecular complexity index is 239. The molecule has 0 radical (unpaired) electrons. The first kappa shape index (κ1) is 12.1. The Balaban J connectivity index is 2.28. The van der Waals surface area contributed by atoms with Crippen molar-refractivity contribution < 1.29 is 22.7 Å². The molecule has 4 nitrogen and oxygen atoms in total. The van der Waals surface area contributed by atoms with Crippen LogP contribution >= 0.6 is 0 Å². The van der Waals surface area contributed by atoms with E-state index in [1.807, 2.05) is 0 Å². The molecule has 0 N–H and O–H groups in total. The minimum atomic E-state index is -4.17. The van der Waals surface area contributed by atoms with Crippen molar-refractivity contribution in [1.82, 2.24) is 9.80 Å². The second kappa shape index (κ2) is 4.26. The molecule has 0 aromatic carbocycles. The number of carbonyl (C=O) groups excluding carboxylic acids is 1. The maximum atomic E-state index is 11.9. The number of nitrogens with zero attached hydrogens (tertiary/aromatic N) is 2. The quantitative estimate of drug-likeness (QED) is 0.702. The average molecular weight is 226 g/mol. The fourth-order valence-corrected chi connectivity index (χ4v) is 1.46. The number of rotatable bonds is 2. The lowest BCUT2D eigenvalue weighted by Crippen LogP contribution is -2.61. The largest absolute Gasteiger partial charge is 0.453 e. The molecular weight excluding hydrogens is 213 g/mol. The predicted octanol–water partition coefficient (Wildman–Crippen LogP) is 0.931. The smallest absolute Gasteiger partial charge is 0.409 e. The minimum absolute atomic E-state index is 0.181. The lowest BCUT2D eigenvalue weighted by molar-refractivity contribution is -0.158. The monoisotopic (exact) mass is 226 g/mol. The summed E-state index contributed by atoms with van der Waals surface area (Å²) in [7, 11) is 2.76. The van der Waals surface area contributed by atoms with Crippen molar-refractivity contribution in [2.75, 3.05) is 33.8 Å². The third-order valence-electron chi connectivity index (χ3n) is 2.35. The van der Waals surface area contributed by atoms with Crippen LogP contribution in [0, 0.1) is 0 Å². The Labute approximate surface area is 85.6 Å². The van der Waals surface area contributed by atoms with Gasteiger partial charge in [-0.25, -0.2) is 4.79 Å². The van der Waals surface area contributed by atoms with Gasteiger partial charge >= 0.3 is 12.3 Å². The van der Waals surface area contributed by atoms with E-state index in [0.29, 0.717) is 0 Å². The first-order valence-electron chi connectivity index (χ1n) is 4.43. The van der Waals surface area contributed by atoms with Gasteiger partial charge in [0.15, 0.2) is 0 Å². The lowest BCUT2D eigenvalue weighted by atomic mass is 10.1. The molecule has 0 aromatic heterocycles. The van der Waals surface area contributed by atoms with Crippen LogP contribution in [0.15, 0.2) is 0 Å². The number of likely N-dealkylation sites (tertiary alicyclic amines) is 1. The van der Waals surface area contributed by atoms with Crippen molar-refractivity contribution >= 4 is 6.09 Å². The van der Waals surface area contributed by atoms with Crippen LogP contribution in [0.25, 0.3) is 0 Å². The molecule has 7 heteroatoms. The predicted molar refractivity (Wildman–Crippen MR) is 46.5 cm³/mol. The maximum Gasteiger partial charge on any atom is 0.409 e. The summed E-state index contributed by atoms with van der Waals surface area (Å²) in [6, 6.07) is -0.181. The molecule has 1 rings (SSSR count). The van der Waals surface area contributed by atoms with Crippen LogP contribution < -0.4 is 0 Å². The summed E-state index contributed by atoms with van der Waals surface area (Å²) in [5.41, 5.74) is 0. The second-order valence-electron chi connectivity index (χ2n) is 3.54. The van der Waals surface area contributed by atoms with Crippen molar-refractivity contribution in [2.24, 2.45) is 0 Å². The molecule has 0 saturated carbocycles. The van der Waals surface area contributed by atoms with Crippen LogP contribution in [-0.4, -0.2) is 61.9 Å². The van der Waals surface area contributed by atoms with E-state index in [1.165, 1.54) is 24.0 Å². The summed E-state index contributed by atoms with van der Waals surface area (Å²) in [5, 5.41) is 0. The first-order valence-corrected chi connectivity index (χ1v) is 4.43. The van der Waals surface area contributed by atoms with Crippen LogP contribution in [0.1, 0.15) is 0 Å². The average Bonchev–Trinajstić information content (AvgIpc) is 2.06. The number of carbonyl (C=O) groups is 1. The zero-order valence-corrected chi connectivity index (χ0v) is 8.54. The van der Waals surface area contributed by atoms with Gasteiger partial charge in [-0.15, -0.1) is 0 Å². The van der Waals surface area contributed by atoms with Crippen LogP contribution in [0.3, 0.4) is 0 Å². The molecule has 1 amide bonds. The summed E-state index contributed by atoms with van der Waals surface area (Å²) in [6.07, 6.45) is -4.69. The number of halogens is 3. The van der Waals surface area contributed by atoms with Crippen LogP contribution in [-0.2, 0) is 4.74 Å². The standard InChI is InChI=1S/C8H13F3N2O2/c1-12(7(14)15-2)6-3-13(4-6)5-8(9,10)11/h6H,3-5H2,1-2H3. The van der Waals surface area contributed by atoms with E-state index < -0.39 is 18.8 Å². The highest BCUT2D eigenvalue weighted by Gasteiger charge is 2.39. The summed E-state index contributed by atoms with van der Waals surface area (Å²) in [5.74, 6) is 0. The Morgan fingerprint density at radius 3 is 2.47 bits per heavy atom. The van der Waals surface area contributed by atoms with Gasteiger partial charge < -0.3 is 9.64 Å². The fourth-order valence-electron chi connectivity index (χ4n) is 1.46. The van der Waals surface area contributed by atoms with E-state index in [2.05, 4.69) is 4.74 Å².